The molecule has 0 saturated carbocycles. The van der Waals surface area contributed by atoms with E-state index in [0.29, 0.717) is 70.3 Å². The minimum atomic E-state index is -0.715. The molecule has 0 aromatic carbocycles. The van der Waals surface area contributed by atoms with Crippen molar-refractivity contribution in [2.45, 2.75) is 466 Å². The molecule has 0 aliphatic rings. The van der Waals surface area contributed by atoms with Gasteiger partial charge in [-0.1, -0.05) is 441 Å². The predicted molar refractivity (Wildman–Crippen MR) is 431 cm³/mol. The Labute approximate surface area is 605 Å². The van der Waals surface area contributed by atoms with Gasteiger partial charge in [0.25, 0.3) is 0 Å². The molecule has 0 spiro atoms. The Kier molecular flexibility index (Phi) is 72.5. The van der Waals surface area contributed by atoms with Gasteiger partial charge in [-0.25, -0.2) is 0 Å². The first-order chi connectivity index (χ1) is 45.4. The molecule has 0 N–H and O–H groups in total. The summed E-state index contributed by atoms with van der Waals surface area (Å²) in [7, 11) is 0. The molecule has 552 valence electrons. The Balaban J connectivity index is 5.75. The Morgan fingerprint density at radius 2 is 0.323 bits per heavy atom. The Morgan fingerprint density at radius 1 is 0.204 bits per heavy atom. The zero-order valence-electron chi connectivity index (χ0n) is 64.2. The van der Waals surface area contributed by atoms with Gasteiger partial charge in [-0.15, -0.1) is 0 Å². The van der Waals surface area contributed by atoms with E-state index in [1.54, 1.807) is 0 Å². The van der Waals surface area contributed by atoms with E-state index in [2.05, 4.69) is 55.4 Å². The highest BCUT2D eigenvalue weighted by molar-refractivity contribution is 7.80. The SMILES string of the molecule is CCCCCCCCCCCCCCCCC(C)CC(=S)OCC(COC(=S)CC(C)CCCCCCCCCCCCCCCC)(COC(=S)CC(C)CCCCCCCCCCCCCCCC)COC(=S)CC(C)CCCCCCCCCCCCCCCC. The van der Waals surface area contributed by atoms with Gasteiger partial charge in [0.2, 0.25) is 0 Å². The first-order valence-corrected chi connectivity index (χ1v) is 43.7. The highest BCUT2D eigenvalue weighted by Gasteiger charge is 2.37. The third kappa shape index (κ3) is 68.5. The zero-order valence-corrected chi connectivity index (χ0v) is 67.4. The van der Waals surface area contributed by atoms with E-state index in [9.17, 15) is 0 Å². The van der Waals surface area contributed by atoms with Crippen LogP contribution < -0.4 is 0 Å². The van der Waals surface area contributed by atoms with Gasteiger partial charge >= 0.3 is 0 Å². The first kappa shape index (κ1) is 92.6. The molecule has 8 heteroatoms. The molecule has 0 aromatic heterocycles. The number of ether oxygens (including phenoxy) is 4. The number of unbranched alkanes of at least 4 members (excludes halogenated alkanes) is 52. The van der Waals surface area contributed by atoms with Crippen molar-refractivity contribution in [3.05, 3.63) is 0 Å². The summed E-state index contributed by atoms with van der Waals surface area (Å²) in [4.78, 5) is 0. The van der Waals surface area contributed by atoms with E-state index < -0.39 is 5.41 Å². The van der Waals surface area contributed by atoms with Gasteiger partial charge in [0.05, 0.1) is 0 Å². The summed E-state index contributed by atoms with van der Waals surface area (Å²) >= 11 is 24.4. The summed E-state index contributed by atoms with van der Waals surface area (Å²) in [5.41, 5.74) is -0.715. The van der Waals surface area contributed by atoms with Crippen LogP contribution in [-0.2, 0) is 18.9 Å². The highest BCUT2D eigenvalue weighted by atomic mass is 32.1. The summed E-state index contributed by atoms with van der Waals surface area (Å²) in [6.45, 7) is 19.8. The second kappa shape index (κ2) is 72.8. The second-order valence-corrected chi connectivity index (χ2v) is 32.7. The van der Waals surface area contributed by atoms with Crippen LogP contribution in [0.4, 0.5) is 0 Å². The average molecular weight is 1380 g/mol. The fourth-order valence-electron chi connectivity index (χ4n) is 13.7. The molecule has 0 amide bonds. The van der Waals surface area contributed by atoms with Gasteiger partial charge in [0, 0.05) is 25.7 Å². The summed E-state index contributed by atoms with van der Waals surface area (Å²) < 4.78 is 26.8. The van der Waals surface area contributed by atoms with Crippen LogP contribution in [0.3, 0.4) is 0 Å². The lowest BCUT2D eigenvalue weighted by molar-refractivity contribution is -0.0171. The predicted octanol–water partition coefficient (Wildman–Crippen LogP) is 30.9. The van der Waals surface area contributed by atoms with Gasteiger partial charge < -0.3 is 18.9 Å². The van der Waals surface area contributed by atoms with E-state index in [0.717, 1.165) is 25.7 Å². The van der Waals surface area contributed by atoms with Crippen LogP contribution in [0.15, 0.2) is 0 Å². The lowest BCUT2D eigenvalue weighted by atomic mass is 9.91. The lowest BCUT2D eigenvalue weighted by Crippen LogP contribution is -2.43. The topological polar surface area (TPSA) is 36.9 Å². The molecule has 0 saturated heterocycles. The largest absolute Gasteiger partial charge is 0.486 e. The van der Waals surface area contributed by atoms with Crippen molar-refractivity contribution in [2.75, 3.05) is 26.4 Å². The Hall–Kier alpha value is -0.440. The van der Waals surface area contributed by atoms with Gasteiger partial charge in [0.15, 0.2) is 20.2 Å². The van der Waals surface area contributed by atoms with Crippen LogP contribution in [0.2, 0.25) is 0 Å². The van der Waals surface area contributed by atoms with Crippen LogP contribution in [0.1, 0.15) is 466 Å². The van der Waals surface area contributed by atoms with E-state index in [4.69, 9.17) is 67.8 Å². The number of thiocarbonyl (C=S) groups is 4. The van der Waals surface area contributed by atoms with Crippen LogP contribution in [0.5, 0.6) is 0 Å². The maximum absolute atomic E-state index is 6.71. The lowest BCUT2D eigenvalue weighted by Gasteiger charge is -2.34. The minimum absolute atomic E-state index is 0.309. The standard InChI is InChI=1S/C85H164O4S4/c1-9-13-17-21-25-29-33-37-41-45-49-53-57-61-65-77(5)69-81(90)86-73-85(74-87-82(91)70-78(6)66-62-58-54-50-46-42-38-34-30-26-22-18-14-10-2,75-88-83(92)71-79(7)67-63-59-55-51-47-43-39-35-31-27-23-19-15-11-3)76-89-84(93)72-80(8)68-64-60-56-52-48-44-40-36-32-28-24-20-16-12-4/h77-80H,9-76H2,1-8H3. The van der Waals surface area contributed by atoms with Gasteiger partial charge in [-0.3, -0.25) is 0 Å². The van der Waals surface area contributed by atoms with Gasteiger partial charge in [-0.2, -0.15) is 0 Å². The second-order valence-electron chi connectivity index (χ2n) is 30.9. The fraction of sp³-hybridized carbons (Fsp3) is 0.953. The van der Waals surface area contributed by atoms with Gasteiger partial charge in [0.1, 0.15) is 31.8 Å². The molecule has 0 fully saturated rings. The smallest absolute Gasteiger partial charge is 0.159 e. The van der Waals surface area contributed by atoms with E-state index >= 15 is 0 Å². The Bertz CT molecular complexity index is 1360. The highest BCUT2D eigenvalue weighted by Crippen LogP contribution is 2.28. The van der Waals surface area contributed by atoms with Crippen molar-refractivity contribution >= 4 is 69.1 Å². The molecule has 0 heterocycles. The third-order valence-electron chi connectivity index (χ3n) is 20.4. The summed E-state index contributed by atoms with van der Waals surface area (Å²) in [6.07, 6.45) is 85.1. The van der Waals surface area contributed by atoms with Crippen LogP contribution in [-0.4, -0.2) is 46.6 Å². The van der Waals surface area contributed by atoms with E-state index in [-0.39, 0.29) is 0 Å². The normalized spacial score (nSPS) is 13.6. The molecule has 0 aliphatic carbocycles. The van der Waals surface area contributed by atoms with E-state index in [1.807, 2.05) is 0 Å². The Morgan fingerprint density at radius 3 is 0.452 bits per heavy atom. The van der Waals surface area contributed by atoms with Crippen molar-refractivity contribution in [3.8, 4) is 0 Å². The van der Waals surface area contributed by atoms with Gasteiger partial charge in [-0.05, 0) is 72.5 Å². The third-order valence-corrected chi connectivity index (χ3v) is 21.6. The van der Waals surface area contributed by atoms with Crippen molar-refractivity contribution < 1.29 is 18.9 Å². The maximum Gasteiger partial charge on any atom is 0.159 e. The summed E-state index contributed by atoms with van der Waals surface area (Å²) in [6, 6.07) is 0. The fourth-order valence-corrected chi connectivity index (χ4v) is 15.1. The number of hydrogen-bond acceptors (Lipinski definition) is 8. The first-order valence-electron chi connectivity index (χ1n) is 42.0. The van der Waals surface area contributed by atoms with Crippen LogP contribution >= 0.6 is 48.9 Å². The van der Waals surface area contributed by atoms with Crippen molar-refractivity contribution in [3.63, 3.8) is 0 Å². The molecular formula is C85H164O4S4. The molecule has 4 nitrogen and oxygen atoms in total. The molecule has 0 radical (unpaired) electrons. The molecule has 4 unspecified atom stereocenters. The molecule has 93 heavy (non-hydrogen) atoms. The van der Waals surface area contributed by atoms with E-state index in [1.165, 1.54) is 385 Å². The van der Waals surface area contributed by atoms with Crippen molar-refractivity contribution in [1.82, 2.24) is 0 Å². The van der Waals surface area contributed by atoms with Crippen molar-refractivity contribution in [1.29, 1.82) is 0 Å². The number of rotatable bonds is 76. The average Bonchev–Trinajstić information content (AvgIpc) is 1.49. The maximum atomic E-state index is 6.71. The molecular weight excluding hydrogens is 1210 g/mol. The molecule has 0 aromatic rings. The van der Waals surface area contributed by atoms with Crippen LogP contribution in [0, 0.1) is 29.1 Å². The quantitative estimate of drug-likeness (QED) is 0.0441. The monoisotopic (exact) mass is 1380 g/mol. The number of hydrogen-bond donors (Lipinski definition) is 0. The minimum Gasteiger partial charge on any atom is -0.486 e. The summed E-state index contributed by atoms with van der Waals surface area (Å²) in [5.74, 6) is 1.85. The van der Waals surface area contributed by atoms with Crippen molar-refractivity contribution in [2.24, 2.45) is 29.1 Å². The molecule has 4 atom stereocenters. The molecule has 0 bridgehead atoms. The summed E-state index contributed by atoms with van der Waals surface area (Å²) in [5, 5.41) is 2.65. The zero-order chi connectivity index (χ0) is 68.0. The van der Waals surface area contributed by atoms with Crippen LogP contribution in [0.25, 0.3) is 0 Å². The molecule has 0 aliphatic heterocycles. The molecule has 0 rings (SSSR count).